The van der Waals surface area contributed by atoms with Gasteiger partial charge in [0.25, 0.3) is 11.7 Å². The van der Waals surface area contributed by atoms with Gasteiger partial charge >= 0.3 is 5.91 Å². The molecule has 3 rings (SSSR count). The van der Waals surface area contributed by atoms with Gasteiger partial charge in [0.2, 0.25) is 0 Å². The van der Waals surface area contributed by atoms with Gasteiger partial charge in [-0.1, -0.05) is 24.3 Å². The molecule has 0 saturated heterocycles. The molecule has 0 bridgehead atoms. The van der Waals surface area contributed by atoms with Crippen molar-refractivity contribution in [3.63, 3.8) is 0 Å². The third kappa shape index (κ3) is 1.86. The second-order valence-electron chi connectivity index (χ2n) is 4.70. The Kier molecular flexibility index (Phi) is 2.90. The molecule has 104 valence electrons. The van der Waals surface area contributed by atoms with Gasteiger partial charge in [0.1, 0.15) is 5.82 Å². The molecular formula is C16H10FNO3. The van der Waals surface area contributed by atoms with Crippen LogP contribution in [0, 0.1) is 12.7 Å². The highest BCUT2D eigenvalue weighted by Crippen LogP contribution is 2.28. The molecule has 2 aromatic carbocycles. The monoisotopic (exact) mass is 283 g/mol. The van der Waals surface area contributed by atoms with Crippen molar-refractivity contribution in [3.8, 4) is 0 Å². The summed E-state index contributed by atoms with van der Waals surface area (Å²) >= 11 is 0. The van der Waals surface area contributed by atoms with Gasteiger partial charge in [-0.3, -0.25) is 14.4 Å². The van der Waals surface area contributed by atoms with Crippen molar-refractivity contribution in [1.29, 1.82) is 0 Å². The Bertz CT molecular complexity index is 798. The third-order valence-corrected chi connectivity index (χ3v) is 3.48. The summed E-state index contributed by atoms with van der Waals surface area (Å²) in [5, 5.41) is 0. The first kappa shape index (κ1) is 13.2. The van der Waals surface area contributed by atoms with Gasteiger partial charge in [-0.15, -0.1) is 0 Å². The van der Waals surface area contributed by atoms with Gasteiger partial charge in [-0.05, 0) is 25.1 Å². The molecule has 4 nitrogen and oxygen atoms in total. The Morgan fingerprint density at radius 3 is 2.24 bits per heavy atom. The maximum atomic E-state index is 13.6. The van der Waals surface area contributed by atoms with Crippen LogP contribution in [-0.2, 0) is 4.79 Å². The maximum absolute atomic E-state index is 13.6. The molecule has 1 heterocycles. The van der Waals surface area contributed by atoms with Crippen LogP contribution >= 0.6 is 0 Å². The molecule has 0 unspecified atom stereocenters. The van der Waals surface area contributed by atoms with Crippen LogP contribution in [0.4, 0.5) is 10.1 Å². The average molecular weight is 283 g/mol. The molecule has 1 aliphatic heterocycles. The highest BCUT2D eigenvalue weighted by molar-refractivity contribution is 6.55. The number of anilines is 1. The number of carbonyl (C=O) groups is 3. The number of carbonyl (C=O) groups excluding carboxylic acids is 3. The Hall–Kier alpha value is -2.82. The first-order valence-corrected chi connectivity index (χ1v) is 6.29. The molecule has 21 heavy (non-hydrogen) atoms. The molecule has 1 aliphatic rings. The highest BCUT2D eigenvalue weighted by atomic mass is 19.1. The number of Topliss-reactive ketones (excluding diaryl/α,β-unsaturated/α-hetero) is 1. The van der Waals surface area contributed by atoms with Crippen molar-refractivity contribution < 1.29 is 18.8 Å². The Morgan fingerprint density at radius 1 is 0.857 bits per heavy atom. The van der Waals surface area contributed by atoms with E-state index in [1.807, 2.05) is 0 Å². The average Bonchev–Trinajstić information content (AvgIpc) is 2.49. The number of amides is 2. The van der Waals surface area contributed by atoms with Gasteiger partial charge in [-0.25, -0.2) is 9.29 Å². The fourth-order valence-corrected chi connectivity index (χ4v) is 2.35. The van der Waals surface area contributed by atoms with E-state index in [1.165, 1.54) is 37.3 Å². The molecule has 2 aromatic rings. The minimum absolute atomic E-state index is 0.0813. The summed E-state index contributed by atoms with van der Waals surface area (Å²) in [6.07, 6.45) is 0. The van der Waals surface area contributed by atoms with E-state index in [0.29, 0.717) is 0 Å². The van der Waals surface area contributed by atoms with E-state index in [4.69, 9.17) is 0 Å². The van der Waals surface area contributed by atoms with E-state index in [1.54, 1.807) is 12.1 Å². The smallest absolute Gasteiger partial charge is 0.283 e. The van der Waals surface area contributed by atoms with Gasteiger partial charge in [0, 0.05) is 11.1 Å². The number of halogens is 1. The van der Waals surface area contributed by atoms with Gasteiger partial charge in [-0.2, -0.15) is 0 Å². The lowest BCUT2D eigenvalue weighted by molar-refractivity contribution is -0.114. The summed E-state index contributed by atoms with van der Waals surface area (Å²) < 4.78 is 13.6. The normalized spacial score (nSPS) is 14.4. The van der Waals surface area contributed by atoms with Crippen molar-refractivity contribution in [2.75, 3.05) is 4.90 Å². The minimum Gasteiger partial charge on any atom is -0.283 e. The number of imide groups is 1. The standard InChI is InChI=1S/C16H10FNO3/c1-9-12(17)7-4-8-13(9)18-15(20)11-6-3-2-5-10(11)14(19)16(18)21/h2-8H,1H3. The van der Waals surface area contributed by atoms with E-state index < -0.39 is 23.4 Å². The molecule has 0 fully saturated rings. The number of ketones is 1. The number of hydrogen-bond donors (Lipinski definition) is 0. The number of rotatable bonds is 1. The number of nitrogens with zero attached hydrogens (tertiary/aromatic N) is 1. The minimum atomic E-state index is -0.965. The van der Waals surface area contributed by atoms with Gasteiger partial charge < -0.3 is 0 Å². The van der Waals surface area contributed by atoms with Crippen molar-refractivity contribution in [2.24, 2.45) is 0 Å². The Morgan fingerprint density at radius 2 is 1.52 bits per heavy atom. The fraction of sp³-hybridized carbons (Fsp3) is 0.0625. The van der Waals surface area contributed by atoms with E-state index >= 15 is 0 Å². The molecule has 0 aromatic heterocycles. The van der Waals surface area contributed by atoms with Crippen molar-refractivity contribution in [1.82, 2.24) is 0 Å². The van der Waals surface area contributed by atoms with Crippen LogP contribution in [0.5, 0.6) is 0 Å². The molecule has 0 spiro atoms. The summed E-state index contributed by atoms with van der Waals surface area (Å²) in [7, 11) is 0. The maximum Gasteiger partial charge on any atom is 0.306 e. The molecule has 0 aliphatic carbocycles. The van der Waals surface area contributed by atoms with Crippen LogP contribution in [-0.4, -0.2) is 17.6 Å². The van der Waals surface area contributed by atoms with E-state index in [0.717, 1.165) is 4.90 Å². The van der Waals surface area contributed by atoms with E-state index in [2.05, 4.69) is 0 Å². The summed E-state index contributed by atoms with van der Waals surface area (Å²) in [6.45, 7) is 1.45. The van der Waals surface area contributed by atoms with Crippen LogP contribution in [0.2, 0.25) is 0 Å². The molecular weight excluding hydrogens is 273 g/mol. The number of hydrogen-bond acceptors (Lipinski definition) is 3. The molecule has 5 heteroatoms. The zero-order valence-electron chi connectivity index (χ0n) is 11.1. The number of fused-ring (bicyclic) bond motifs is 1. The summed E-state index contributed by atoms with van der Waals surface area (Å²) in [5.41, 5.74) is 0.461. The first-order chi connectivity index (χ1) is 10.0. The second-order valence-corrected chi connectivity index (χ2v) is 4.70. The highest BCUT2D eigenvalue weighted by Gasteiger charge is 2.39. The lowest BCUT2D eigenvalue weighted by Gasteiger charge is -2.26. The van der Waals surface area contributed by atoms with E-state index in [-0.39, 0.29) is 22.4 Å². The van der Waals surface area contributed by atoms with Crippen LogP contribution in [0.3, 0.4) is 0 Å². The van der Waals surface area contributed by atoms with Gasteiger partial charge in [0.05, 0.1) is 11.3 Å². The zero-order chi connectivity index (χ0) is 15.1. The topological polar surface area (TPSA) is 54.5 Å². The lowest BCUT2D eigenvalue weighted by atomic mass is 9.96. The third-order valence-electron chi connectivity index (χ3n) is 3.48. The van der Waals surface area contributed by atoms with Gasteiger partial charge in [0.15, 0.2) is 0 Å². The Labute approximate surface area is 119 Å². The van der Waals surface area contributed by atoms with E-state index in [9.17, 15) is 18.8 Å². The van der Waals surface area contributed by atoms with Crippen LogP contribution in [0.25, 0.3) is 0 Å². The van der Waals surface area contributed by atoms with Crippen LogP contribution in [0.15, 0.2) is 42.5 Å². The fourth-order valence-electron chi connectivity index (χ4n) is 2.35. The van der Waals surface area contributed by atoms with Crippen molar-refractivity contribution in [3.05, 3.63) is 65.0 Å². The predicted octanol–water partition coefficient (Wildman–Crippen LogP) is 2.50. The summed E-state index contributed by atoms with van der Waals surface area (Å²) in [4.78, 5) is 37.5. The van der Waals surface area contributed by atoms with Crippen LogP contribution in [0.1, 0.15) is 26.3 Å². The van der Waals surface area contributed by atoms with Crippen molar-refractivity contribution >= 4 is 23.3 Å². The first-order valence-electron chi connectivity index (χ1n) is 6.29. The molecule has 0 N–H and O–H groups in total. The largest absolute Gasteiger partial charge is 0.306 e. The predicted molar refractivity (Wildman–Crippen MR) is 73.7 cm³/mol. The molecule has 0 saturated carbocycles. The quantitative estimate of drug-likeness (QED) is 0.597. The molecule has 0 atom stereocenters. The molecule has 2 amide bonds. The SMILES string of the molecule is Cc1c(F)cccc1N1C(=O)C(=O)c2ccccc2C1=O. The Balaban J connectivity index is 2.21. The molecule has 0 radical (unpaired) electrons. The van der Waals surface area contributed by atoms with Crippen molar-refractivity contribution in [2.45, 2.75) is 6.92 Å². The summed E-state index contributed by atoms with van der Waals surface area (Å²) in [6, 6.07) is 10.2. The van der Waals surface area contributed by atoms with Crippen LogP contribution < -0.4 is 4.90 Å². The zero-order valence-corrected chi connectivity index (χ0v) is 11.1. The lowest BCUT2D eigenvalue weighted by Crippen LogP contribution is -2.46. The summed E-state index contributed by atoms with van der Waals surface area (Å²) in [5.74, 6) is -2.90. The second kappa shape index (κ2) is 4.63. The number of benzene rings is 2.